The third-order valence-electron chi connectivity index (χ3n) is 4.75. The summed E-state index contributed by atoms with van der Waals surface area (Å²) >= 11 is 0. The molecule has 2 aromatic carbocycles. The summed E-state index contributed by atoms with van der Waals surface area (Å²) in [5.74, 6) is 1.76. The molecule has 0 atom stereocenters. The number of morpholine rings is 1. The van der Waals surface area contributed by atoms with Crippen molar-refractivity contribution < 1.29 is 14.4 Å². The number of methoxy groups -OCH3 is 1. The van der Waals surface area contributed by atoms with Gasteiger partial charge >= 0.3 is 0 Å². The van der Waals surface area contributed by atoms with Gasteiger partial charge in [0.15, 0.2) is 0 Å². The van der Waals surface area contributed by atoms with Crippen LogP contribution in [0, 0.1) is 10.1 Å². The third-order valence-corrected chi connectivity index (χ3v) is 4.75. The quantitative estimate of drug-likeness (QED) is 0.299. The molecule has 0 amide bonds. The number of rotatable bonds is 8. The topological polar surface area (TPSA) is 140 Å². The van der Waals surface area contributed by atoms with Gasteiger partial charge in [0.1, 0.15) is 5.75 Å². The lowest BCUT2D eigenvalue weighted by Crippen LogP contribution is -2.37. The minimum atomic E-state index is -0.452. The van der Waals surface area contributed by atoms with Crippen molar-refractivity contribution in [2.75, 3.05) is 49.1 Å². The van der Waals surface area contributed by atoms with Crippen molar-refractivity contribution in [1.29, 1.82) is 0 Å². The first kappa shape index (κ1) is 21.9. The highest BCUT2D eigenvalue weighted by Crippen LogP contribution is 2.21. The number of hydrogen-bond donors (Lipinski definition) is 2. The van der Waals surface area contributed by atoms with Crippen molar-refractivity contribution >= 4 is 35.4 Å². The number of nitro groups is 1. The number of aromatic nitrogens is 3. The van der Waals surface area contributed by atoms with E-state index >= 15 is 0 Å². The standard InChI is InChI=1S/C21H22N8O4/c1-32-18-8-2-15(3-9-18)14-22-27-20-24-19(23-16-4-6-17(7-5-16)29(30)31)25-21(26-20)28-10-12-33-13-11-28/h2-9,14H,10-13H2,1H3,(H2,23,24,25,26,27)/b22-14-. The second-order valence-corrected chi connectivity index (χ2v) is 6.95. The molecule has 0 radical (unpaired) electrons. The number of benzene rings is 2. The molecular formula is C21H22N8O4. The third kappa shape index (κ3) is 5.89. The molecule has 1 aliphatic heterocycles. The van der Waals surface area contributed by atoms with E-state index in [1.807, 2.05) is 29.2 Å². The summed E-state index contributed by atoms with van der Waals surface area (Å²) in [5, 5.41) is 18.2. The van der Waals surface area contributed by atoms with E-state index in [0.717, 1.165) is 11.3 Å². The van der Waals surface area contributed by atoms with Gasteiger partial charge in [0, 0.05) is 30.9 Å². The van der Waals surface area contributed by atoms with Crippen LogP contribution in [0.1, 0.15) is 5.56 Å². The van der Waals surface area contributed by atoms with Crippen LogP contribution in [-0.2, 0) is 4.74 Å². The van der Waals surface area contributed by atoms with E-state index in [2.05, 4.69) is 30.8 Å². The highest BCUT2D eigenvalue weighted by atomic mass is 16.6. The molecule has 1 saturated heterocycles. The highest BCUT2D eigenvalue weighted by Gasteiger charge is 2.17. The van der Waals surface area contributed by atoms with Gasteiger partial charge in [-0.3, -0.25) is 10.1 Å². The van der Waals surface area contributed by atoms with Crippen LogP contribution in [0.2, 0.25) is 0 Å². The zero-order chi connectivity index (χ0) is 23.0. The van der Waals surface area contributed by atoms with E-state index in [1.165, 1.54) is 12.1 Å². The monoisotopic (exact) mass is 450 g/mol. The molecule has 0 unspecified atom stereocenters. The molecule has 0 aliphatic carbocycles. The van der Waals surface area contributed by atoms with Crippen molar-refractivity contribution in [2.45, 2.75) is 0 Å². The molecule has 2 N–H and O–H groups in total. The van der Waals surface area contributed by atoms with Gasteiger partial charge in [0.2, 0.25) is 17.8 Å². The Kier molecular flexibility index (Phi) is 6.85. The highest BCUT2D eigenvalue weighted by molar-refractivity contribution is 5.80. The predicted octanol–water partition coefficient (Wildman–Crippen LogP) is 2.81. The van der Waals surface area contributed by atoms with Crippen LogP contribution in [-0.4, -0.2) is 59.5 Å². The van der Waals surface area contributed by atoms with Crippen LogP contribution < -0.4 is 20.4 Å². The minimum absolute atomic E-state index is 0.000396. The Morgan fingerprint density at radius 2 is 1.76 bits per heavy atom. The zero-order valence-electron chi connectivity index (χ0n) is 17.8. The van der Waals surface area contributed by atoms with Crippen molar-refractivity contribution in [3.05, 3.63) is 64.2 Å². The fourth-order valence-corrected chi connectivity index (χ4v) is 3.03. The van der Waals surface area contributed by atoms with Crippen molar-refractivity contribution in [2.24, 2.45) is 5.10 Å². The van der Waals surface area contributed by atoms with E-state index in [4.69, 9.17) is 9.47 Å². The molecule has 1 aromatic heterocycles. The molecule has 12 nitrogen and oxygen atoms in total. The Bertz CT molecular complexity index is 1120. The van der Waals surface area contributed by atoms with Crippen molar-refractivity contribution in [3.63, 3.8) is 0 Å². The van der Waals surface area contributed by atoms with Crippen LogP contribution in [0.5, 0.6) is 5.75 Å². The lowest BCUT2D eigenvalue weighted by Gasteiger charge is -2.27. The van der Waals surface area contributed by atoms with E-state index in [1.54, 1.807) is 25.5 Å². The molecule has 170 valence electrons. The van der Waals surface area contributed by atoms with Crippen molar-refractivity contribution in [1.82, 2.24) is 15.0 Å². The summed E-state index contributed by atoms with van der Waals surface area (Å²) < 4.78 is 10.6. The molecule has 33 heavy (non-hydrogen) atoms. The van der Waals surface area contributed by atoms with Crippen LogP contribution in [0.4, 0.5) is 29.2 Å². The molecule has 0 saturated carbocycles. The lowest BCUT2D eigenvalue weighted by atomic mass is 10.2. The van der Waals surface area contributed by atoms with E-state index < -0.39 is 4.92 Å². The van der Waals surface area contributed by atoms with Gasteiger partial charge in [0.25, 0.3) is 5.69 Å². The van der Waals surface area contributed by atoms with Gasteiger partial charge in [0.05, 0.1) is 31.5 Å². The first-order chi connectivity index (χ1) is 16.1. The molecule has 3 aromatic rings. The summed E-state index contributed by atoms with van der Waals surface area (Å²) in [7, 11) is 1.61. The Balaban J connectivity index is 1.54. The summed E-state index contributed by atoms with van der Waals surface area (Å²) in [5.41, 5.74) is 4.32. The first-order valence-electron chi connectivity index (χ1n) is 10.1. The SMILES string of the molecule is COc1ccc(/C=N\Nc2nc(Nc3ccc([N+](=O)[O-])cc3)nc(N3CCOCC3)n2)cc1. The fraction of sp³-hybridized carbons (Fsp3) is 0.238. The van der Waals surface area contributed by atoms with Crippen LogP contribution in [0.3, 0.4) is 0 Å². The molecule has 2 heterocycles. The number of ether oxygens (including phenoxy) is 2. The number of anilines is 4. The maximum Gasteiger partial charge on any atom is 0.269 e. The molecule has 0 spiro atoms. The maximum absolute atomic E-state index is 10.9. The second kappa shape index (κ2) is 10.3. The fourth-order valence-electron chi connectivity index (χ4n) is 3.03. The van der Waals surface area contributed by atoms with Crippen molar-refractivity contribution in [3.8, 4) is 5.75 Å². The van der Waals surface area contributed by atoms with E-state index in [0.29, 0.717) is 37.9 Å². The van der Waals surface area contributed by atoms with Crippen LogP contribution in [0.15, 0.2) is 53.6 Å². The van der Waals surface area contributed by atoms with Crippen LogP contribution in [0.25, 0.3) is 0 Å². The van der Waals surface area contributed by atoms with Gasteiger partial charge in [-0.25, -0.2) is 5.43 Å². The number of nitrogens with zero attached hydrogens (tertiary/aromatic N) is 6. The predicted molar refractivity (Wildman–Crippen MR) is 123 cm³/mol. The first-order valence-corrected chi connectivity index (χ1v) is 10.1. The number of nitro benzene ring substituents is 1. The molecular weight excluding hydrogens is 428 g/mol. The molecule has 4 rings (SSSR count). The Morgan fingerprint density at radius 1 is 1.06 bits per heavy atom. The summed E-state index contributed by atoms with van der Waals surface area (Å²) in [6.07, 6.45) is 1.64. The normalized spacial score (nSPS) is 13.7. The Morgan fingerprint density at radius 3 is 2.42 bits per heavy atom. The van der Waals surface area contributed by atoms with E-state index in [-0.39, 0.29) is 17.6 Å². The Labute approximate surface area is 189 Å². The van der Waals surface area contributed by atoms with Gasteiger partial charge in [-0.05, 0) is 42.0 Å². The van der Waals surface area contributed by atoms with Gasteiger partial charge in [-0.1, -0.05) is 0 Å². The summed E-state index contributed by atoms with van der Waals surface area (Å²) in [6.45, 7) is 2.45. The number of non-ortho nitro benzene ring substituents is 1. The smallest absolute Gasteiger partial charge is 0.269 e. The summed E-state index contributed by atoms with van der Waals surface area (Å²) in [6, 6.07) is 13.4. The lowest BCUT2D eigenvalue weighted by molar-refractivity contribution is -0.384. The van der Waals surface area contributed by atoms with Gasteiger partial charge in [-0.15, -0.1) is 0 Å². The second-order valence-electron chi connectivity index (χ2n) is 6.95. The number of hydrazone groups is 1. The largest absolute Gasteiger partial charge is 0.497 e. The average Bonchev–Trinajstić information content (AvgIpc) is 2.85. The van der Waals surface area contributed by atoms with E-state index in [9.17, 15) is 10.1 Å². The Hall–Kier alpha value is -4.32. The number of hydrogen-bond acceptors (Lipinski definition) is 11. The maximum atomic E-state index is 10.9. The minimum Gasteiger partial charge on any atom is -0.497 e. The van der Waals surface area contributed by atoms with Gasteiger partial charge < -0.3 is 19.7 Å². The zero-order valence-corrected chi connectivity index (χ0v) is 17.8. The average molecular weight is 450 g/mol. The molecule has 12 heteroatoms. The molecule has 0 bridgehead atoms. The molecule has 1 fully saturated rings. The summed E-state index contributed by atoms with van der Waals surface area (Å²) in [4.78, 5) is 25.7. The van der Waals surface area contributed by atoms with Crippen LogP contribution >= 0.6 is 0 Å². The molecule has 1 aliphatic rings. The number of nitrogens with one attached hydrogen (secondary N) is 2. The van der Waals surface area contributed by atoms with Gasteiger partial charge in [-0.2, -0.15) is 20.1 Å².